The van der Waals surface area contributed by atoms with Gasteiger partial charge in [0.2, 0.25) is 5.88 Å². The number of nitrogens with zero attached hydrogens (tertiary/aromatic N) is 3. The van der Waals surface area contributed by atoms with E-state index in [-0.39, 0.29) is 6.04 Å². The van der Waals surface area contributed by atoms with E-state index in [9.17, 15) is 0 Å². The van der Waals surface area contributed by atoms with E-state index in [0.717, 1.165) is 11.6 Å². The predicted molar refractivity (Wildman–Crippen MR) is 59.2 cm³/mol. The maximum absolute atomic E-state index is 5.04. The zero-order valence-corrected chi connectivity index (χ0v) is 9.14. The van der Waals surface area contributed by atoms with E-state index in [2.05, 4.69) is 25.5 Å². The summed E-state index contributed by atoms with van der Waals surface area (Å²) >= 11 is 0. The molecule has 1 atom stereocenters. The number of aromatic amines is 1. The van der Waals surface area contributed by atoms with Crippen LogP contribution in [0.1, 0.15) is 18.8 Å². The van der Waals surface area contributed by atoms with Crippen molar-refractivity contribution in [1.82, 2.24) is 20.2 Å². The molecule has 0 aliphatic carbocycles. The minimum absolute atomic E-state index is 0.0158. The first-order valence-corrected chi connectivity index (χ1v) is 4.92. The summed E-state index contributed by atoms with van der Waals surface area (Å²) in [4.78, 5) is 8.31. The van der Waals surface area contributed by atoms with Crippen LogP contribution in [0.2, 0.25) is 0 Å². The van der Waals surface area contributed by atoms with E-state index in [1.54, 1.807) is 13.2 Å². The Balaban J connectivity index is 2.08. The van der Waals surface area contributed by atoms with Gasteiger partial charge in [-0.05, 0) is 13.0 Å². The second kappa shape index (κ2) is 4.61. The highest BCUT2D eigenvalue weighted by atomic mass is 16.5. The second-order valence-electron chi connectivity index (χ2n) is 3.30. The van der Waals surface area contributed by atoms with Gasteiger partial charge in [0, 0.05) is 6.07 Å². The monoisotopic (exact) mass is 219 g/mol. The Labute approximate surface area is 93.1 Å². The van der Waals surface area contributed by atoms with E-state index in [1.165, 1.54) is 6.33 Å². The van der Waals surface area contributed by atoms with Gasteiger partial charge in [-0.3, -0.25) is 5.10 Å². The first kappa shape index (κ1) is 10.4. The Morgan fingerprint density at radius 2 is 2.31 bits per heavy atom. The third-order valence-electron chi connectivity index (χ3n) is 2.14. The van der Waals surface area contributed by atoms with Crippen molar-refractivity contribution in [2.45, 2.75) is 13.0 Å². The molecule has 0 saturated heterocycles. The number of hydrogen-bond acceptors (Lipinski definition) is 5. The van der Waals surface area contributed by atoms with Crippen LogP contribution in [0.3, 0.4) is 0 Å². The van der Waals surface area contributed by atoms with Crippen LogP contribution in [-0.4, -0.2) is 27.3 Å². The van der Waals surface area contributed by atoms with Crippen molar-refractivity contribution in [3.05, 3.63) is 30.4 Å². The van der Waals surface area contributed by atoms with Crippen LogP contribution in [0.4, 0.5) is 5.82 Å². The summed E-state index contributed by atoms with van der Waals surface area (Å²) in [6, 6.07) is 5.56. The summed E-state index contributed by atoms with van der Waals surface area (Å²) in [5.41, 5.74) is 0. The van der Waals surface area contributed by atoms with Crippen molar-refractivity contribution in [3.8, 4) is 5.88 Å². The molecule has 2 N–H and O–H groups in total. The van der Waals surface area contributed by atoms with Crippen molar-refractivity contribution < 1.29 is 4.74 Å². The minimum Gasteiger partial charge on any atom is -0.481 e. The fourth-order valence-corrected chi connectivity index (χ4v) is 1.32. The molecule has 2 aromatic heterocycles. The summed E-state index contributed by atoms with van der Waals surface area (Å²) in [5.74, 6) is 2.09. The van der Waals surface area contributed by atoms with Gasteiger partial charge in [-0.2, -0.15) is 10.1 Å². The van der Waals surface area contributed by atoms with E-state index in [1.807, 2.05) is 19.1 Å². The van der Waals surface area contributed by atoms with E-state index in [0.29, 0.717) is 5.88 Å². The number of nitrogens with one attached hydrogen (secondary N) is 2. The van der Waals surface area contributed by atoms with Gasteiger partial charge in [0.25, 0.3) is 0 Å². The SMILES string of the molecule is COc1cccc(NC(C)c2ncn[nH]2)n1. The molecule has 0 saturated carbocycles. The molecule has 0 aromatic carbocycles. The average Bonchev–Trinajstić information content (AvgIpc) is 2.83. The van der Waals surface area contributed by atoms with Gasteiger partial charge in [0.1, 0.15) is 18.0 Å². The van der Waals surface area contributed by atoms with Crippen LogP contribution in [-0.2, 0) is 0 Å². The second-order valence-corrected chi connectivity index (χ2v) is 3.30. The Morgan fingerprint density at radius 1 is 1.44 bits per heavy atom. The Kier molecular flexibility index (Phi) is 3.00. The average molecular weight is 219 g/mol. The molecule has 16 heavy (non-hydrogen) atoms. The molecule has 0 spiro atoms. The van der Waals surface area contributed by atoms with Gasteiger partial charge in [-0.25, -0.2) is 4.98 Å². The van der Waals surface area contributed by atoms with E-state index < -0.39 is 0 Å². The van der Waals surface area contributed by atoms with Crippen molar-refractivity contribution in [3.63, 3.8) is 0 Å². The maximum atomic E-state index is 5.04. The summed E-state index contributed by atoms with van der Waals surface area (Å²) in [6.45, 7) is 1.97. The Bertz CT molecular complexity index is 442. The number of hydrogen-bond donors (Lipinski definition) is 2. The van der Waals surface area contributed by atoms with Crippen LogP contribution in [0.5, 0.6) is 5.88 Å². The Morgan fingerprint density at radius 3 is 3.00 bits per heavy atom. The maximum Gasteiger partial charge on any atom is 0.214 e. The third-order valence-corrected chi connectivity index (χ3v) is 2.14. The largest absolute Gasteiger partial charge is 0.481 e. The van der Waals surface area contributed by atoms with E-state index in [4.69, 9.17) is 4.74 Å². The topological polar surface area (TPSA) is 75.7 Å². The number of anilines is 1. The molecule has 2 aromatic rings. The van der Waals surface area contributed by atoms with Gasteiger partial charge in [0.15, 0.2) is 0 Å². The third kappa shape index (κ3) is 2.28. The number of ether oxygens (including phenoxy) is 1. The van der Waals surface area contributed by atoms with Crippen LogP contribution >= 0.6 is 0 Å². The summed E-state index contributed by atoms with van der Waals surface area (Å²) in [6.07, 6.45) is 1.48. The Hall–Kier alpha value is -2.11. The van der Waals surface area contributed by atoms with Crippen LogP contribution in [0, 0.1) is 0 Å². The van der Waals surface area contributed by atoms with Crippen molar-refractivity contribution in [2.75, 3.05) is 12.4 Å². The van der Waals surface area contributed by atoms with Gasteiger partial charge < -0.3 is 10.1 Å². The smallest absolute Gasteiger partial charge is 0.214 e. The van der Waals surface area contributed by atoms with Gasteiger partial charge in [-0.1, -0.05) is 6.07 Å². The molecular weight excluding hydrogens is 206 g/mol. The molecule has 0 bridgehead atoms. The zero-order valence-electron chi connectivity index (χ0n) is 9.14. The number of aromatic nitrogens is 4. The minimum atomic E-state index is 0.0158. The van der Waals surface area contributed by atoms with Crippen LogP contribution < -0.4 is 10.1 Å². The number of rotatable bonds is 4. The summed E-state index contributed by atoms with van der Waals surface area (Å²) in [7, 11) is 1.59. The molecule has 6 heteroatoms. The highest BCUT2D eigenvalue weighted by molar-refractivity contribution is 5.38. The van der Waals surface area contributed by atoms with Crippen molar-refractivity contribution in [2.24, 2.45) is 0 Å². The number of methoxy groups -OCH3 is 1. The molecule has 0 aliphatic heterocycles. The molecule has 0 fully saturated rings. The van der Waals surface area contributed by atoms with Crippen molar-refractivity contribution in [1.29, 1.82) is 0 Å². The molecule has 2 rings (SSSR count). The highest BCUT2D eigenvalue weighted by Gasteiger charge is 2.08. The van der Waals surface area contributed by atoms with Crippen LogP contribution in [0.15, 0.2) is 24.5 Å². The van der Waals surface area contributed by atoms with Crippen molar-refractivity contribution >= 4 is 5.82 Å². The lowest BCUT2D eigenvalue weighted by atomic mass is 10.3. The quantitative estimate of drug-likeness (QED) is 0.812. The van der Waals surface area contributed by atoms with Gasteiger partial charge in [0.05, 0.1) is 13.2 Å². The lowest BCUT2D eigenvalue weighted by Gasteiger charge is -2.11. The molecule has 1 unspecified atom stereocenters. The molecule has 0 amide bonds. The normalized spacial score (nSPS) is 12.1. The lowest BCUT2D eigenvalue weighted by molar-refractivity contribution is 0.398. The molecule has 6 nitrogen and oxygen atoms in total. The highest BCUT2D eigenvalue weighted by Crippen LogP contribution is 2.16. The standard InChI is InChI=1S/C10H13N5O/c1-7(10-11-6-12-15-10)13-8-4-3-5-9(14-8)16-2/h3-7H,1-2H3,(H,13,14)(H,11,12,15). The predicted octanol–water partition coefficient (Wildman–Crippen LogP) is 1.38. The van der Waals surface area contributed by atoms with Crippen LogP contribution in [0.25, 0.3) is 0 Å². The van der Waals surface area contributed by atoms with Gasteiger partial charge >= 0.3 is 0 Å². The number of pyridine rings is 1. The lowest BCUT2D eigenvalue weighted by Crippen LogP contribution is -2.09. The van der Waals surface area contributed by atoms with E-state index >= 15 is 0 Å². The molecule has 0 radical (unpaired) electrons. The molecule has 84 valence electrons. The summed E-state index contributed by atoms with van der Waals surface area (Å²) in [5, 5.41) is 9.79. The molecule has 2 heterocycles. The van der Waals surface area contributed by atoms with Gasteiger partial charge in [-0.15, -0.1) is 0 Å². The summed E-state index contributed by atoms with van der Waals surface area (Å²) < 4.78 is 5.04. The number of H-pyrrole nitrogens is 1. The zero-order chi connectivity index (χ0) is 11.4. The molecular formula is C10H13N5O. The fourth-order valence-electron chi connectivity index (χ4n) is 1.32. The first-order chi connectivity index (χ1) is 7.79. The molecule has 0 aliphatic rings. The fraction of sp³-hybridized carbons (Fsp3) is 0.300. The first-order valence-electron chi connectivity index (χ1n) is 4.92.